The molecule has 0 N–H and O–H groups in total. The molecular weight excluding hydrogens is 386 g/mol. The van der Waals surface area contributed by atoms with Crippen molar-refractivity contribution in [1.29, 1.82) is 0 Å². The van der Waals surface area contributed by atoms with Crippen LogP contribution in [-0.4, -0.2) is 25.2 Å². The lowest BCUT2D eigenvalue weighted by molar-refractivity contribution is -0.123. The van der Waals surface area contributed by atoms with Crippen molar-refractivity contribution in [2.45, 2.75) is 24.7 Å². The number of carbonyl (C=O) groups is 1. The number of benzene rings is 1. The van der Waals surface area contributed by atoms with E-state index >= 15 is 0 Å². The van der Waals surface area contributed by atoms with E-state index < -0.39 is 10.0 Å². The minimum Gasteiger partial charge on any atom is -0.274 e. The number of nitrogens with zero attached hydrogens (tertiary/aromatic N) is 1. The minimum atomic E-state index is -3.75. The highest BCUT2D eigenvalue weighted by atomic mass is 79.9. The van der Waals surface area contributed by atoms with Crippen molar-refractivity contribution in [1.82, 2.24) is 4.31 Å². The van der Waals surface area contributed by atoms with Crippen LogP contribution >= 0.6 is 31.9 Å². The molecule has 4 nitrogen and oxygen atoms in total. The molecule has 1 aliphatic heterocycles. The summed E-state index contributed by atoms with van der Waals surface area (Å²) >= 11 is 6.55. The third-order valence-electron chi connectivity index (χ3n) is 2.81. The van der Waals surface area contributed by atoms with Crippen LogP contribution in [0, 0.1) is 6.92 Å². The maximum atomic E-state index is 12.4. The normalized spacial score (nSPS) is 16.4. The first kappa shape index (κ1) is 14.0. The number of sulfonamides is 1. The fraction of sp³-hybridized carbons (Fsp3) is 0.364. The highest BCUT2D eigenvalue weighted by Gasteiger charge is 2.34. The summed E-state index contributed by atoms with van der Waals surface area (Å²) in [7, 11) is -3.75. The minimum absolute atomic E-state index is 0.121. The SMILES string of the molecule is Cc1cc(Br)c(S(=O)(=O)N2CCCC2=O)cc1Br. The Bertz CT molecular complexity index is 613. The van der Waals surface area contributed by atoms with Crippen molar-refractivity contribution in [2.75, 3.05) is 6.54 Å². The van der Waals surface area contributed by atoms with Crippen LogP contribution in [0.25, 0.3) is 0 Å². The van der Waals surface area contributed by atoms with Crippen molar-refractivity contribution < 1.29 is 13.2 Å². The van der Waals surface area contributed by atoms with Gasteiger partial charge >= 0.3 is 0 Å². The number of hydrogen-bond donors (Lipinski definition) is 0. The van der Waals surface area contributed by atoms with E-state index in [9.17, 15) is 13.2 Å². The zero-order chi connectivity index (χ0) is 13.5. The Kier molecular flexibility index (Phi) is 3.85. The molecule has 7 heteroatoms. The molecule has 2 rings (SSSR count). The third kappa shape index (κ3) is 2.35. The Morgan fingerprint density at radius 1 is 1.22 bits per heavy atom. The number of rotatable bonds is 2. The quantitative estimate of drug-likeness (QED) is 0.772. The van der Waals surface area contributed by atoms with E-state index in [4.69, 9.17) is 0 Å². The van der Waals surface area contributed by atoms with Gasteiger partial charge in [0.2, 0.25) is 5.91 Å². The molecule has 0 bridgehead atoms. The molecule has 1 amide bonds. The van der Waals surface area contributed by atoms with Gasteiger partial charge < -0.3 is 0 Å². The van der Waals surface area contributed by atoms with Gasteiger partial charge in [-0.15, -0.1) is 0 Å². The molecule has 1 saturated heterocycles. The summed E-state index contributed by atoms with van der Waals surface area (Å²) in [6.45, 7) is 2.13. The van der Waals surface area contributed by atoms with Crippen LogP contribution in [-0.2, 0) is 14.8 Å². The molecule has 1 heterocycles. The molecule has 0 spiro atoms. The van der Waals surface area contributed by atoms with Crippen LogP contribution in [0.4, 0.5) is 0 Å². The van der Waals surface area contributed by atoms with Crippen molar-refractivity contribution in [3.05, 3.63) is 26.6 Å². The molecule has 1 aromatic rings. The fourth-order valence-corrected chi connectivity index (χ4v) is 4.93. The Hall–Kier alpha value is -0.400. The molecule has 98 valence electrons. The molecule has 18 heavy (non-hydrogen) atoms. The van der Waals surface area contributed by atoms with Crippen molar-refractivity contribution in [3.8, 4) is 0 Å². The molecular formula is C11H11Br2NO3S. The zero-order valence-electron chi connectivity index (χ0n) is 9.61. The van der Waals surface area contributed by atoms with E-state index in [-0.39, 0.29) is 17.3 Å². The van der Waals surface area contributed by atoms with Crippen molar-refractivity contribution >= 4 is 47.8 Å². The second-order valence-electron chi connectivity index (χ2n) is 4.11. The molecule has 1 fully saturated rings. The number of amides is 1. The van der Waals surface area contributed by atoms with Gasteiger partial charge in [-0.2, -0.15) is 0 Å². The van der Waals surface area contributed by atoms with Crippen LogP contribution in [0.5, 0.6) is 0 Å². The number of carbonyl (C=O) groups excluding carboxylic acids is 1. The predicted molar refractivity (Wildman–Crippen MR) is 74.7 cm³/mol. The number of hydrogen-bond acceptors (Lipinski definition) is 3. The van der Waals surface area contributed by atoms with E-state index in [1.54, 1.807) is 6.07 Å². The zero-order valence-corrected chi connectivity index (χ0v) is 13.6. The second-order valence-corrected chi connectivity index (χ2v) is 7.65. The molecule has 1 aromatic carbocycles. The lowest BCUT2D eigenvalue weighted by atomic mass is 10.2. The fourth-order valence-electron chi connectivity index (χ4n) is 1.82. The van der Waals surface area contributed by atoms with E-state index in [2.05, 4.69) is 31.9 Å². The topological polar surface area (TPSA) is 54.5 Å². The first-order chi connectivity index (χ1) is 8.34. The van der Waals surface area contributed by atoms with Crippen molar-refractivity contribution in [2.24, 2.45) is 0 Å². The van der Waals surface area contributed by atoms with Gasteiger partial charge in [-0.3, -0.25) is 4.79 Å². The van der Waals surface area contributed by atoms with Gasteiger partial charge in [0.05, 0.1) is 0 Å². The Morgan fingerprint density at radius 2 is 1.89 bits per heavy atom. The van der Waals surface area contributed by atoms with Crippen LogP contribution in [0.2, 0.25) is 0 Å². The molecule has 0 saturated carbocycles. The Labute approximate surface area is 123 Å². The van der Waals surface area contributed by atoms with Crippen LogP contribution in [0.3, 0.4) is 0 Å². The molecule has 0 unspecified atom stereocenters. The summed E-state index contributed by atoms with van der Waals surface area (Å²) in [6.07, 6.45) is 0.882. The molecule has 0 atom stereocenters. The average molecular weight is 397 g/mol. The second kappa shape index (κ2) is 4.94. The maximum absolute atomic E-state index is 12.4. The van der Waals surface area contributed by atoms with Crippen molar-refractivity contribution in [3.63, 3.8) is 0 Å². The van der Waals surface area contributed by atoms with E-state index in [1.165, 1.54) is 6.07 Å². The number of halogens is 2. The largest absolute Gasteiger partial charge is 0.274 e. The molecule has 0 aliphatic carbocycles. The monoisotopic (exact) mass is 395 g/mol. The van der Waals surface area contributed by atoms with Gasteiger partial charge in [0.15, 0.2) is 0 Å². The van der Waals surface area contributed by atoms with E-state index in [1.807, 2.05) is 6.92 Å². The molecule has 1 aliphatic rings. The van der Waals surface area contributed by atoms with Crippen LogP contribution in [0.1, 0.15) is 18.4 Å². The predicted octanol–water partition coefficient (Wildman–Crippen LogP) is 2.83. The van der Waals surface area contributed by atoms with Gasteiger partial charge in [-0.05, 0) is 47.0 Å². The summed E-state index contributed by atoms with van der Waals surface area (Å²) in [6, 6.07) is 3.25. The van der Waals surface area contributed by atoms with Gasteiger partial charge in [0.25, 0.3) is 10.0 Å². The number of aryl methyl sites for hydroxylation is 1. The lowest BCUT2D eigenvalue weighted by Gasteiger charge is -2.17. The Balaban J connectivity index is 2.54. The first-order valence-corrected chi connectivity index (χ1v) is 8.38. The first-order valence-electron chi connectivity index (χ1n) is 5.35. The van der Waals surface area contributed by atoms with Crippen LogP contribution < -0.4 is 0 Å². The van der Waals surface area contributed by atoms with E-state index in [0.717, 1.165) is 9.87 Å². The van der Waals surface area contributed by atoms with Gasteiger partial charge in [-0.1, -0.05) is 15.9 Å². The Morgan fingerprint density at radius 3 is 2.44 bits per heavy atom. The highest BCUT2D eigenvalue weighted by molar-refractivity contribution is 9.11. The molecule has 0 aromatic heterocycles. The van der Waals surface area contributed by atoms with Gasteiger partial charge in [0.1, 0.15) is 4.90 Å². The van der Waals surface area contributed by atoms with E-state index in [0.29, 0.717) is 21.8 Å². The average Bonchev–Trinajstić information content (AvgIpc) is 2.70. The van der Waals surface area contributed by atoms with Gasteiger partial charge in [-0.25, -0.2) is 12.7 Å². The summed E-state index contributed by atoms with van der Waals surface area (Å²) in [5, 5.41) is 0. The van der Waals surface area contributed by atoms with Gasteiger partial charge in [0, 0.05) is 21.9 Å². The maximum Gasteiger partial charge on any atom is 0.267 e. The smallest absolute Gasteiger partial charge is 0.267 e. The summed E-state index contributed by atoms with van der Waals surface area (Å²) in [5.74, 6) is -0.335. The third-order valence-corrected chi connectivity index (χ3v) is 6.44. The standard InChI is InChI=1S/C11H11Br2NO3S/c1-7-5-9(13)10(6-8(7)12)18(16,17)14-4-2-3-11(14)15/h5-6H,2-4H2,1H3. The lowest BCUT2D eigenvalue weighted by Crippen LogP contribution is -2.32. The molecule has 0 radical (unpaired) electrons. The summed E-state index contributed by atoms with van der Waals surface area (Å²) in [4.78, 5) is 11.7. The van der Waals surface area contributed by atoms with Crippen LogP contribution in [0.15, 0.2) is 26.0 Å². The summed E-state index contributed by atoms with van der Waals surface area (Å²) in [5.41, 5.74) is 0.925. The highest BCUT2D eigenvalue weighted by Crippen LogP contribution is 2.32. The summed E-state index contributed by atoms with van der Waals surface area (Å²) < 4.78 is 26.9.